The highest BCUT2D eigenvalue weighted by Crippen LogP contribution is 2.42. The monoisotopic (exact) mass is 340 g/mol. The number of fused-ring (bicyclic) bond motifs is 1. The van der Waals surface area contributed by atoms with E-state index in [4.69, 9.17) is 9.47 Å². The van der Waals surface area contributed by atoms with Crippen LogP contribution in [0.3, 0.4) is 0 Å². The summed E-state index contributed by atoms with van der Waals surface area (Å²) in [5.74, 6) is 0.569. The molecule has 0 unspecified atom stereocenters. The zero-order chi connectivity index (χ0) is 18.0. The summed E-state index contributed by atoms with van der Waals surface area (Å²) in [6.45, 7) is 4.31. The van der Waals surface area contributed by atoms with Crippen molar-refractivity contribution in [2.24, 2.45) is 0 Å². The minimum Gasteiger partial charge on any atom is -0.508 e. The summed E-state index contributed by atoms with van der Waals surface area (Å²) in [6.07, 6.45) is 1.58. The quantitative estimate of drug-likeness (QED) is 0.818. The van der Waals surface area contributed by atoms with Gasteiger partial charge >= 0.3 is 0 Å². The van der Waals surface area contributed by atoms with Crippen LogP contribution in [0.5, 0.6) is 23.0 Å². The van der Waals surface area contributed by atoms with Gasteiger partial charge in [0.1, 0.15) is 41.3 Å². The van der Waals surface area contributed by atoms with Crippen LogP contribution >= 0.6 is 0 Å². The van der Waals surface area contributed by atoms with Crippen molar-refractivity contribution in [2.75, 3.05) is 6.61 Å². The molecule has 2 N–H and O–H groups in total. The largest absolute Gasteiger partial charge is 0.508 e. The average Bonchev–Trinajstić information content (AvgIpc) is 2.54. The van der Waals surface area contributed by atoms with Gasteiger partial charge in [-0.1, -0.05) is 17.7 Å². The molecule has 0 saturated carbocycles. The molecular weight excluding hydrogens is 320 g/mol. The molecule has 0 radical (unpaired) electrons. The molecule has 0 amide bonds. The van der Waals surface area contributed by atoms with E-state index < -0.39 is 6.10 Å². The van der Waals surface area contributed by atoms with Crippen molar-refractivity contribution < 1.29 is 24.5 Å². The molecule has 0 aliphatic carbocycles. The van der Waals surface area contributed by atoms with Crippen molar-refractivity contribution >= 4 is 5.78 Å². The van der Waals surface area contributed by atoms with E-state index in [1.54, 1.807) is 30.3 Å². The lowest BCUT2D eigenvalue weighted by molar-refractivity contribution is 0.0844. The fraction of sp³-hybridized carbons (Fsp3) is 0.250. The van der Waals surface area contributed by atoms with Gasteiger partial charge in [0, 0.05) is 12.1 Å². The summed E-state index contributed by atoms with van der Waals surface area (Å²) < 4.78 is 11.5. The lowest BCUT2D eigenvalue weighted by Gasteiger charge is -2.26. The van der Waals surface area contributed by atoms with E-state index in [0.717, 1.165) is 11.1 Å². The Bertz CT molecular complexity index is 817. The second-order valence-corrected chi connectivity index (χ2v) is 6.23. The number of hydrogen-bond acceptors (Lipinski definition) is 5. The molecule has 2 aromatic carbocycles. The summed E-state index contributed by atoms with van der Waals surface area (Å²) >= 11 is 0. The Morgan fingerprint density at radius 1 is 1.24 bits per heavy atom. The molecule has 130 valence electrons. The smallest absolute Gasteiger partial charge is 0.174 e. The maximum absolute atomic E-state index is 12.4. The van der Waals surface area contributed by atoms with Gasteiger partial charge in [-0.25, -0.2) is 0 Å². The van der Waals surface area contributed by atoms with E-state index >= 15 is 0 Å². The third kappa shape index (κ3) is 3.76. The minimum absolute atomic E-state index is 0.128. The third-order valence-corrected chi connectivity index (χ3v) is 3.98. The summed E-state index contributed by atoms with van der Waals surface area (Å²) in [4.78, 5) is 12.4. The molecule has 0 aromatic heterocycles. The molecule has 25 heavy (non-hydrogen) atoms. The van der Waals surface area contributed by atoms with Gasteiger partial charge in [0.05, 0.1) is 6.42 Å². The highest BCUT2D eigenvalue weighted by Gasteiger charge is 2.30. The van der Waals surface area contributed by atoms with Crippen LogP contribution in [0.25, 0.3) is 0 Å². The van der Waals surface area contributed by atoms with Crippen molar-refractivity contribution in [3.8, 4) is 23.0 Å². The van der Waals surface area contributed by atoms with Crippen LogP contribution in [0, 0.1) is 0 Å². The maximum Gasteiger partial charge on any atom is 0.174 e. The number of Topliss-reactive ketones (excluding diaryl/α,β-unsaturated/α-hetero) is 1. The van der Waals surface area contributed by atoms with E-state index in [-0.39, 0.29) is 29.3 Å². The summed E-state index contributed by atoms with van der Waals surface area (Å²) in [5, 5.41) is 19.6. The van der Waals surface area contributed by atoms with Crippen LogP contribution < -0.4 is 9.47 Å². The number of aromatic hydroxyl groups is 2. The van der Waals surface area contributed by atoms with Crippen molar-refractivity contribution in [3.05, 3.63) is 59.2 Å². The molecule has 0 fully saturated rings. The van der Waals surface area contributed by atoms with Gasteiger partial charge in [0.2, 0.25) is 0 Å². The molecule has 3 rings (SSSR count). The second-order valence-electron chi connectivity index (χ2n) is 6.23. The molecule has 5 nitrogen and oxygen atoms in total. The maximum atomic E-state index is 12.4. The Kier molecular flexibility index (Phi) is 4.65. The zero-order valence-corrected chi connectivity index (χ0v) is 14.2. The first kappa shape index (κ1) is 16.9. The van der Waals surface area contributed by atoms with Gasteiger partial charge in [-0.05, 0) is 37.6 Å². The summed E-state index contributed by atoms with van der Waals surface area (Å²) in [6, 6.07) is 9.59. The Hall–Kier alpha value is -2.95. The third-order valence-electron chi connectivity index (χ3n) is 3.98. The topological polar surface area (TPSA) is 76.0 Å². The lowest BCUT2D eigenvalue weighted by Crippen LogP contribution is -2.20. The Morgan fingerprint density at radius 2 is 1.96 bits per heavy atom. The van der Waals surface area contributed by atoms with Gasteiger partial charge in [-0.2, -0.15) is 0 Å². The summed E-state index contributed by atoms with van der Waals surface area (Å²) in [7, 11) is 0. The second kappa shape index (κ2) is 6.89. The molecule has 1 heterocycles. The highest BCUT2D eigenvalue weighted by atomic mass is 16.5. The fourth-order valence-electron chi connectivity index (χ4n) is 2.68. The van der Waals surface area contributed by atoms with E-state index in [1.165, 1.54) is 6.07 Å². The predicted molar refractivity (Wildman–Crippen MR) is 93.5 cm³/mol. The van der Waals surface area contributed by atoms with Crippen molar-refractivity contribution in [1.82, 2.24) is 0 Å². The lowest BCUT2D eigenvalue weighted by atomic mass is 9.95. The molecule has 1 aliphatic rings. The van der Waals surface area contributed by atoms with Crippen molar-refractivity contribution in [3.63, 3.8) is 0 Å². The zero-order valence-electron chi connectivity index (χ0n) is 14.2. The number of rotatable bonds is 4. The van der Waals surface area contributed by atoms with Crippen LogP contribution in [-0.4, -0.2) is 22.6 Å². The SMILES string of the molecule is CC(C)=CCOc1cc(O)c2c(c1)O[C@H](c1ccc(O)cc1)CC2=O. The van der Waals surface area contributed by atoms with Crippen LogP contribution in [0.15, 0.2) is 48.0 Å². The molecule has 1 atom stereocenters. The molecular formula is C20H20O5. The number of carbonyl (C=O) groups is 1. The average molecular weight is 340 g/mol. The van der Waals surface area contributed by atoms with Gasteiger partial charge < -0.3 is 19.7 Å². The van der Waals surface area contributed by atoms with Crippen molar-refractivity contribution in [1.29, 1.82) is 0 Å². The molecule has 1 aliphatic heterocycles. The first-order valence-corrected chi connectivity index (χ1v) is 8.06. The standard InChI is InChI=1S/C20H20O5/c1-12(2)7-8-24-15-9-16(22)20-17(23)11-18(25-19(20)10-15)13-3-5-14(21)6-4-13/h3-7,9-10,18,21-22H,8,11H2,1-2H3/t18-/m0/s1. The fourth-order valence-corrected chi connectivity index (χ4v) is 2.68. The molecule has 0 spiro atoms. The molecule has 0 saturated heterocycles. The van der Waals surface area contributed by atoms with E-state index in [9.17, 15) is 15.0 Å². The first-order chi connectivity index (χ1) is 11.9. The normalized spacial score (nSPS) is 15.9. The number of phenols is 2. The van der Waals surface area contributed by atoms with Crippen LogP contribution in [0.1, 0.15) is 42.3 Å². The molecule has 0 bridgehead atoms. The highest BCUT2D eigenvalue weighted by molar-refractivity contribution is 6.02. The van der Waals surface area contributed by atoms with Gasteiger partial charge in [-0.3, -0.25) is 4.79 Å². The number of benzene rings is 2. The Balaban J connectivity index is 1.87. The number of allylic oxidation sites excluding steroid dienone is 1. The number of ketones is 1. The number of carbonyl (C=O) groups excluding carboxylic acids is 1. The Morgan fingerprint density at radius 3 is 2.64 bits per heavy atom. The minimum atomic E-state index is -0.465. The van der Waals surface area contributed by atoms with Crippen LogP contribution in [0.2, 0.25) is 0 Å². The van der Waals surface area contributed by atoms with Crippen LogP contribution in [0.4, 0.5) is 0 Å². The number of ether oxygens (including phenoxy) is 2. The van der Waals surface area contributed by atoms with Crippen molar-refractivity contribution in [2.45, 2.75) is 26.4 Å². The van der Waals surface area contributed by atoms with Gasteiger partial charge in [-0.15, -0.1) is 0 Å². The van der Waals surface area contributed by atoms with E-state index in [1.807, 2.05) is 19.9 Å². The summed E-state index contributed by atoms with van der Waals surface area (Å²) in [5.41, 5.74) is 2.10. The van der Waals surface area contributed by atoms with Gasteiger partial charge in [0.15, 0.2) is 5.78 Å². The predicted octanol–water partition coefficient (Wildman–Crippen LogP) is 4.15. The van der Waals surface area contributed by atoms with Gasteiger partial charge in [0.25, 0.3) is 0 Å². The van der Waals surface area contributed by atoms with Crippen LogP contribution in [-0.2, 0) is 0 Å². The van der Waals surface area contributed by atoms with E-state index in [0.29, 0.717) is 18.1 Å². The van der Waals surface area contributed by atoms with E-state index in [2.05, 4.69) is 0 Å². The number of hydrogen-bond donors (Lipinski definition) is 2. The first-order valence-electron chi connectivity index (χ1n) is 8.06. The Labute approximate surface area is 146 Å². The molecule has 5 heteroatoms. The molecule has 2 aromatic rings. The number of phenolic OH excluding ortho intramolecular Hbond substituents is 2.